The first-order chi connectivity index (χ1) is 11.6. The Hall–Kier alpha value is -0.800. The molecular weight excluding hydrogens is 336 g/mol. The molecule has 1 aromatic carbocycles. The number of hydrogen-bond donors (Lipinski definition) is 2. The van der Waals surface area contributed by atoms with Gasteiger partial charge in [-0.1, -0.05) is 30.7 Å². The van der Waals surface area contributed by atoms with Gasteiger partial charge in [-0.3, -0.25) is 0 Å². The summed E-state index contributed by atoms with van der Waals surface area (Å²) >= 11 is 11.9. The normalized spacial score (nSPS) is 34.8. The average molecular weight is 363 g/mol. The number of para-hydroxylation sites is 1. The van der Waals surface area contributed by atoms with Gasteiger partial charge in [-0.2, -0.15) is 0 Å². The van der Waals surface area contributed by atoms with Crippen molar-refractivity contribution in [2.45, 2.75) is 57.9 Å². The molecule has 0 amide bonds. The number of hydrogen-bond acceptors (Lipinski definition) is 1. The van der Waals surface area contributed by atoms with Crippen LogP contribution in [-0.2, 0) is 0 Å². The molecule has 0 heterocycles. The van der Waals surface area contributed by atoms with Crippen molar-refractivity contribution < 1.29 is 0 Å². The summed E-state index contributed by atoms with van der Waals surface area (Å²) in [5, 5.41) is 8.38. The average Bonchev–Trinajstić information content (AvgIpc) is 2.53. The Morgan fingerprint density at radius 1 is 1.17 bits per heavy atom. The van der Waals surface area contributed by atoms with Crippen LogP contribution in [0.2, 0.25) is 5.02 Å². The molecule has 0 saturated heterocycles. The van der Waals surface area contributed by atoms with Gasteiger partial charge in [0.1, 0.15) is 0 Å². The molecule has 1 atom stereocenters. The van der Waals surface area contributed by atoms with Crippen LogP contribution in [0, 0.1) is 23.2 Å². The smallest absolute Gasteiger partial charge is 0.171 e. The van der Waals surface area contributed by atoms with E-state index in [1.807, 2.05) is 24.3 Å². The summed E-state index contributed by atoms with van der Waals surface area (Å²) in [5.74, 6) is 2.91. The predicted octanol–water partition coefficient (Wildman–Crippen LogP) is 5.62. The maximum atomic E-state index is 6.25. The van der Waals surface area contributed by atoms with Gasteiger partial charge in [0.05, 0.1) is 10.7 Å². The Morgan fingerprint density at radius 2 is 1.75 bits per heavy atom. The van der Waals surface area contributed by atoms with Crippen molar-refractivity contribution in [3.8, 4) is 0 Å². The third kappa shape index (κ3) is 3.06. The Morgan fingerprint density at radius 3 is 2.29 bits per heavy atom. The molecule has 24 heavy (non-hydrogen) atoms. The summed E-state index contributed by atoms with van der Waals surface area (Å²) in [7, 11) is 0. The summed E-state index contributed by atoms with van der Waals surface area (Å²) in [6.07, 6.45) is 9.79. The van der Waals surface area contributed by atoms with E-state index in [9.17, 15) is 0 Å². The van der Waals surface area contributed by atoms with E-state index < -0.39 is 0 Å². The molecule has 5 rings (SSSR count). The van der Waals surface area contributed by atoms with E-state index >= 15 is 0 Å². The molecule has 4 fully saturated rings. The number of anilines is 1. The molecule has 4 saturated carbocycles. The maximum Gasteiger partial charge on any atom is 0.171 e. The van der Waals surface area contributed by atoms with Crippen LogP contribution < -0.4 is 10.6 Å². The highest BCUT2D eigenvalue weighted by Gasteiger charge is 2.53. The van der Waals surface area contributed by atoms with E-state index in [-0.39, 0.29) is 0 Å². The summed E-state index contributed by atoms with van der Waals surface area (Å²) in [5.41, 5.74) is 1.35. The molecule has 2 nitrogen and oxygen atoms in total. The predicted molar refractivity (Wildman–Crippen MR) is 105 cm³/mol. The van der Waals surface area contributed by atoms with Crippen LogP contribution in [0.1, 0.15) is 51.9 Å². The minimum absolute atomic E-state index is 0.468. The van der Waals surface area contributed by atoms with Gasteiger partial charge in [0.2, 0.25) is 0 Å². The number of halogens is 1. The monoisotopic (exact) mass is 362 g/mol. The van der Waals surface area contributed by atoms with Gasteiger partial charge in [0.25, 0.3) is 0 Å². The molecule has 130 valence electrons. The molecule has 0 aromatic heterocycles. The zero-order valence-electron chi connectivity index (χ0n) is 14.4. The Kier molecular flexibility index (Phi) is 4.51. The van der Waals surface area contributed by atoms with Crippen LogP contribution in [0.4, 0.5) is 5.69 Å². The van der Waals surface area contributed by atoms with E-state index in [0.717, 1.165) is 29.9 Å². The third-order valence-corrected chi connectivity index (χ3v) is 7.21. The summed E-state index contributed by atoms with van der Waals surface area (Å²) < 4.78 is 0. The van der Waals surface area contributed by atoms with E-state index in [2.05, 4.69) is 17.6 Å². The molecule has 0 aliphatic heterocycles. The van der Waals surface area contributed by atoms with Crippen LogP contribution in [0.25, 0.3) is 0 Å². The molecule has 0 radical (unpaired) electrons. The van der Waals surface area contributed by atoms with Gasteiger partial charge in [0, 0.05) is 6.04 Å². The zero-order chi connectivity index (χ0) is 16.7. The molecule has 0 spiro atoms. The van der Waals surface area contributed by atoms with Crippen molar-refractivity contribution >= 4 is 34.6 Å². The SMILES string of the molecule is CCC(NC(=S)Nc1ccccc1Cl)C12CC3CC(CC(C3)C1)C2. The van der Waals surface area contributed by atoms with E-state index in [4.69, 9.17) is 23.8 Å². The van der Waals surface area contributed by atoms with Crippen molar-refractivity contribution in [3.05, 3.63) is 29.3 Å². The van der Waals surface area contributed by atoms with E-state index in [1.165, 1.54) is 38.5 Å². The van der Waals surface area contributed by atoms with Crippen molar-refractivity contribution in [3.63, 3.8) is 0 Å². The largest absolute Gasteiger partial charge is 0.359 e. The molecule has 2 N–H and O–H groups in total. The second-order valence-corrected chi connectivity index (χ2v) is 9.13. The summed E-state index contributed by atoms with van der Waals surface area (Å²) in [6.45, 7) is 2.30. The van der Waals surface area contributed by atoms with Crippen molar-refractivity contribution in [1.82, 2.24) is 5.32 Å². The van der Waals surface area contributed by atoms with Crippen LogP contribution in [0.5, 0.6) is 0 Å². The fourth-order valence-electron chi connectivity index (χ4n) is 6.17. The third-order valence-electron chi connectivity index (χ3n) is 6.66. The van der Waals surface area contributed by atoms with Crippen molar-refractivity contribution in [2.24, 2.45) is 23.2 Å². The second-order valence-electron chi connectivity index (χ2n) is 8.32. The molecule has 1 unspecified atom stereocenters. The molecular formula is C20H27ClN2S. The number of nitrogens with one attached hydrogen (secondary N) is 2. The first kappa shape index (κ1) is 16.7. The lowest BCUT2D eigenvalue weighted by atomic mass is 9.47. The van der Waals surface area contributed by atoms with Crippen LogP contribution in [0.15, 0.2) is 24.3 Å². The molecule has 4 aliphatic rings. The minimum Gasteiger partial charge on any atom is -0.359 e. The van der Waals surface area contributed by atoms with Gasteiger partial charge < -0.3 is 10.6 Å². The fraction of sp³-hybridized carbons (Fsp3) is 0.650. The topological polar surface area (TPSA) is 24.1 Å². The van der Waals surface area contributed by atoms with Gasteiger partial charge in [-0.15, -0.1) is 0 Å². The van der Waals surface area contributed by atoms with E-state index in [0.29, 0.717) is 21.6 Å². The first-order valence-corrected chi connectivity index (χ1v) is 10.2. The summed E-state index contributed by atoms with van der Waals surface area (Å²) in [4.78, 5) is 0. The van der Waals surface area contributed by atoms with Gasteiger partial charge in [-0.25, -0.2) is 0 Å². The van der Waals surface area contributed by atoms with Gasteiger partial charge in [-0.05, 0) is 92.5 Å². The Balaban J connectivity index is 1.46. The molecule has 4 heteroatoms. The highest BCUT2D eigenvalue weighted by Crippen LogP contribution is 2.61. The zero-order valence-corrected chi connectivity index (χ0v) is 15.9. The quantitative estimate of drug-likeness (QED) is 0.679. The molecule has 4 bridgehead atoms. The van der Waals surface area contributed by atoms with Gasteiger partial charge in [0.15, 0.2) is 5.11 Å². The Bertz CT molecular complexity index is 595. The highest BCUT2D eigenvalue weighted by atomic mass is 35.5. The van der Waals surface area contributed by atoms with Crippen LogP contribution in [-0.4, -0.2) is 11.2 Å². The Labute approximate surface area is 155 Å². The van der Waals surface area contributed by atoms with Crippen LogP contribution >= 0.6 is 23.8 Å². The fourth-order valence-corrected chi connectivity index (χ4v) is 6.61. The lowest BCUT2D eigenvalue weighted by Crippen LogP contribution is -2.57. The summed E-state index contributed by atoms with van der Waals surface area (Å²) in [6, 6.07) is 8.26. The van der Waals surface area contributed by atoms with Crippen molar-refractivity contribution in [1.29, 1.82) is 0 Å². The maximum absolute atomic E-state index is 6.25. The second kappa shape index (κ2) is 6.49. The van der Waals surface area contributed by atoms with Crippen LogP contribution in [0.3, 0.4) is 0 Å². The highest BCUT2D eigenvalue weighted by molar-refractivity contribution is 7.80. The number of rotatable bonds is 4. The standard InChI is InChI=1S/C20H27ClN2S/c1-2-18(23-19(24)22-17-6-4-3-5-16(17)21)20-10-13-7-14(11-20)9-15(8-13)12-20/h3-6,13-15,18H,2,7-12H2,1H3,(H2,22,23,24). The van der Waals surface area contributed by atoms with Crippen molar-refractivity contribution in [2.75, 3.05) is 5.32 Å². The molecule has 4 aliphatic carbocycles. The minimum atomic E-state index is 0.468. The lowest BCUT2D eigenvalue weighted by Gasteiger charge is -2.59. The number of benzene rings is 1. The number of thiocarbonyl (C=S) groups is 1. The molecule has 1 aromatic rings. The van der Waals surface area contributed by atoms with E-state index in [1.54, 1.807) is 0 Å². The first-order valence-electron chi connectivity index (χ1n) is 9.40. The lowest BCUT2D eigenvalue weighted by molar-refractivity contribution is -0.0709. The van der Waals surface area contributed by atoms with Gasteiger partial charge >= 0.3 is 0 Å².